The number of aromatic nitrogens is 3. The number of rotatable bonds is 9. The zero-order chi connectivity index (χ0) is 23.4. The number of thiazole rings is 1. The summed E-state index contributed by atoms with van der Waals surface area (Å²) in [5, 5.41) is 3.46. The van der Waals surface area contributed by atoms with Crippen molar-refractivity contribution in [1.29, 1.82) is 0 Å². The molecule has 0 bridgehead atoms. The number of nitrogens with zero attached hydrogens (tertiary/aromatic N) is 3. The van der Waals surface area contributed by atoms with Crippen LogP contribution in [-0.2, 0) is 4.79 Å². The van der Waals surface area contributed by atoms with Gasteiger partial charge in [-0.1, -0.05) is 31.5 Å². The van der Waals surface area contributed by atoms with Gasteiger partial charge in [0.1, 0.15) is 17.4 Å². The largest absolute Gasteiger partial charge is 0.481 e. The topological polar surface area (TPSA) is 103 Å². The number of anilines is 1. The van der Waals surface area contributed by atoms with Crippen LogP contribution in [0.5, 0.6) is 5.75 Å². The molecule has 0 fully saturated rings. The second kappa shape index (κ2) is 9.95. The molecule has 0 saturated heterocycles. The van der Waals surface area contributed by atoms with Crippen LogP contribution in [0.25, 0.3) is 21.5 Å². The summed E-state index contributed by atoms with van der Waals surface area (Å²) >= 11 is 1.61. The van der Waals surface area contributed by atoms with Crippen LogP contribution < -0.4 is 15.8 Å². The summed E-state index contributed by atoms with van der Waals surface area (Å²) in [6, 6.07) is 15.7. The molecule has 2 aromatic heterocycles. The Balaban J connectivity index is 1.54. The quantitative estimate of drug-likeness (QED) is 0.352. The number of ether oxygens (including phenoxy) is 1. The number of fused-ring (bicyclic) bond motifs is 1. The minimum Gasteiger partial charge on any atom is -0.481 e. The van der Waals surface area contributed by atoms with E-state index in [1.54, 1.807) is 11.3 Å². The SMILES string of the molecule is CCC[C@H](Oc1cccc(C(C)Nc2cc(-c3ccc4ncsc4c3)nc(C)n2)c1)C(N)=O. The highest BCUT2D eigenvalue weighted by molar-refractivity contribution is 7.16. The average molecular weight is 462 g/mol. The van der Waals surface area contributed by atoms with Crippen LogP contribution in [0.15, 0.2) is 54.0 Å². The lowest BCUT2D eigenvalue weighted by Gasteiger charge is -2.19. The van der Waals surface area contributed by atoms with Gasteiger partial charge in [0.2, 0.25) is 0 Å². The molecule has 1 unspecified atom stereocenters. The van der Waals surface area contributed by atoms with Crippen LogP contribution in [0.4, 0.5) is 5.82 Å². The van der Waals surface area contributed by atoms with E-state index in [0.717, 1.165) is 39.3 Å². The van der Waals surface area contributed by atoms with Gasteiger partial charge < -0.3 is 15.8 Å². The van der Waals surface area contributed by atoms with E-state index in [9.17, 15) is 4.79 Å². The molecule has 0 aliphatic heterocycles. The number of carbonyl (C=O) groups excluding carboxylic acids is 1. The summed E-state index contributed by atoms with van der Waals surface area (Å²) in [5.74, 6) is 1.60. The van der Waals surface area contributed by atoms with Gasteiger partial charge in [-0.15, -0.1) is 11.3 Å². The summed E-state index contributed by atoms with van der Waals surface area (Å²) < 4.78 is 6.98. The molecule has 0 aliphatic carbocycles. The Morgan fingerprint density at radius 3 is 2.82 bits per heavy atom. The van der Waals surface area contributed by atoms with Gasteiger partial charge in [0.15, 0.2) is 6.10 Å². The van der Waals surface area contributed by atoms with Crippen LogP contribution >= 0.6 is 11.3 Å². The Labute approximate surface area is 197 Å². The molecule has 170 valence electrons. The van der Waals surface area contributed by atoms with Crippen molar-refractivity contribution in [3.63, 3.8) is 0 Å². The Bertz CT molecular complexity index is 1270. The third-order valence-corrected chi connectivity index (χ3v) is 6.13. The third kappa shape index (κ3) is 5.46. The van der Waals surface area contributed by atoms with Crippen molar-refractivity contribution >= 4 is 33.3 Å². The molecule has 33 heavy (non-hydrogen) atoms. The second-order valence-electron chi connectivity index (χ2n) is 7.96. The monoisotopic (exact) mass is 461 g/mol. The molecule has 0 radical (unpaired) electrons. The molecule has 0 spiro atoms. The first-order valence-electron chi connectivity index (χ1n) is 10.9. The Hall–Kier alpha value is -3.52. The summed E-state index contributed by atoms with van der Waals surface area (Å²) in [5.41, 5.74) is 11.2. The lowest BCUT2D eigenvalue weighted by Crippen LogP contribution is -2.33. The van der Waals surface area contributed by atoms with Crippen molar-refractivity contribution in [1.82, 2.24) is 15.0 Å². The van der Waals surface area contributed by atoms with Crippen molar-refractivity contribution in [2.75, 3.05) is 5.32 Å². The predicted octanol–water partition coefficient (Wildman–Crippen LogP) is 5.27. The van der Waals surface area contributed by atoms with E-state index < -0.39 is 12.0 Å². The number of primary amides is 1. The molecule has 8 heteroatoms. The fraction of sp³-hybridized carbons (Fsp3) is 0.280. The van der Waals surface area contributed by atoms with Crippen molar-refractivity contribution in [3.05, 3.63) is 65.4 Å². The number of benzene rings is 2. The van der Waals surface area contributed by atoms with Gasteiger partial charge in [-0.05, 0) is 50.1 Å². The lowest BCUT2D eigenvalue weighted by atomic mass is 10.1. The second-order valence-corrected chi connectivity index (χ2v) is 8.84. The van der Waals surface area contributed by atoms with Gasteiger partial charge in [0.05, 0.1) is 27.5 Å². The highest BCUT2D eigenvalue weighted by Gasteiger charge is 2.17. The number of hydrogen-bond acceptors (Lipinski definition) is 7. The third-order valence-electron chi connectivity index (χ3n) is 5.33. The summed E-state index contributed by atoms with van der Waals surface area (Å²) in [7, 11) is 0. The van der Waals surface area contributed by atoms with E-state index in [0.29, 0.717) is 18.0 Å². The number of nitrogens with two attached hydrogens (primary N) is 1. The Morgan fingerprint density at radius 2 is 2.03 bits per heavy atom. The van der Waals surface area contributed by atoms with E-state index in [-0.39, 0.29) is 6.04 Å². The summed E-state index contributed by atoms with van der Waals surface area (Å²) in [4.78, 5) is 25.2. The zero-order valence-electron chi connectivity index (χ0n) is 18.9. The van der Waals surface area contributed by atoms with Crippen LogP contribution in [0, 0.1) is 6.92 Å². The van der Waals surface area contributed by atoms with Gasteiger partial charge in [-0.3, -0.25) is 4.79 Å². The highest BCUT2D eigenvalue weighted by Crippen LogP contribution is 2.28. The normalized spacial score (nSPS) is 12.9. The van der Waals surface area contributed by atoms with Crippen LogP contribution in [0.2, 0.25) is 0 Å². The molecule has 3 N–H and O–H groups in total. The van der Waals surface area contributed by atoms with Gasteiger partial charge in [0.25, 0.3) is 5.91 Å². The molecule has 4 aromatic rings. The maximum absolute atomic E-state index is 11.7. The molecule has 2 heterocycles. The van der Waals surface area contributed by atoms with E-state index in [1.807, 2.05) is 61.8 Å². The van der Waals surface area contributed by atoms with Crippen molar-refractivity contribution in [3.8, 4) is 17.0 Å². The van der Waals surface area contributed by atoms with E-state index in [2.05, 4.69) is 33.3 Å². The van der Waals surface area contributed by atoms with Crippen molar-refractivity contribution < 1.29 is 9.53 Å². The molecule has 2 atom stereocenters. The van der Waals surface area contributed by atoms with E-state index in [1.165, 1.54) is 0 Å². The minimum atomic E-state index is -0.628. The molecule has 0 saturated carbocycles. The van der Waals surface area contributed by atoms with Gasteiger partial charge in [-0.2, -0.15) is 0 Å². The maximum atomic E-state index is 11.7. The first-order chi connectivity index (χ1) is 15.9. The fourth-order valence-corrected chi connectivity index (χ4v) is 4.37. The van der Waals surface area contributed by atoms with Crippen LogP contribution in [0.3, 0.4) is 0 Å². The average Bonchev–Trinajstić information content (AvgIpc) is 3.26. The number of hydrogen-bond donors (Lipinski definition) is 2. The van der Waals surface area contributed by atoms with Gasteiger partial charge >= 0.3 is 0 Å². The highest BCUT2D eigenvalue weighted by atomic mass is 32.1. The summed E-state index contributed by atoms with van der Waals surface area (Å²) in [6.07, 6.45) is 0.775. The molecular formula is C25H27N5O2S. The molecule has 1 amide bonds. The number of amides is 1. The van der Waals surface area contributed by atoms with Crippen molar-refractivity contribution in [2.45, 2.75) is 45.8 Å². The first kappa shape index (κ1) is 22.7. The first-order valence-corrected chi connectivity index (χ1v) is 11.8. The maximum Gasteiger partial charge on any atom is 0.258 e. The predicted molar refractivity (Wildman–Crippen MR) is 132 cm³/mol. The number of carbonyl (C=O) groups is 1. The van der Waals surface area contributed by atoms with Crippen molar-refractivity contribution in [2.24, 2.45) is 5.73 Å². The zero-order valence-corrected chi connectivity index (χ0v) is 19.7. The lowest BCUT2D eigenvalue weighted by molar-refractivity contribution is -0.125. The number of aryl methyl sites for hydroxylation is 1. The molecule has 4 rings (SSSR count). The van der Waals surface area contributed by atoms with Crippen LogP contribution in [0.1, 0.15) is 44.1 Å². The fourth-order valence-electron chi connectivity index (χ4n) is 3.65. The molecule has 0 aliphatic rings. The number of nitrogens with one attached hydrogen (secondary N) is 1. The minimum absolute atomic E-state index is 0.0436. The Kier molecular flexibility index (Phi) is 6.84. The Morgan fingerprint density at radius 1 is 1.18 bits per heavy atom. The van der Waals surface area contributed by atoms with E-state index in [4.69, 9.17) is 10.5 Å². The summed E-state index contributed by atoms with van der Waals surface area (Å²) in [6.45, 7) is 5.93. The molecular weight excluding hydrogens is 434 g/mol. The van der Waals surface area contributed by atoms with E-state index >= 15 is 0 Å². The smallest absolute Gasteiger partial charge is 0.258 e. The molecule has 7 nitrogen and oxygen atoms in total. The standard InChI is InChI=1S/C25H27N5O2S/c1-4-6-22(25(26)31)32-19-8-5-7-17(11-19)15(2)28-24-13-21(29-16(3)30-24)18-9-10-20-23(12-18)33-14-27-20/h5,7-15,22H,4,6H2,1-3H3,(H2,26,31)(H,28,29,30)/t15?,22-/m0/s1. The van der Waals surface area contributed by atoms with Crippen LogP contribution in [-0.4, -0.2) is 27.0 Å². The van der Waals surface area contributed by atoms with Gasteiger partial charge in [-0.25, -0.2) is 15.0 Å². The molecule has 2 aromatic carbocycles. The van der Waals surface area contributed by atoms with Gasteiger partial charge in [0, 0.05) is 11.6 Å².